The van der Waals surface area contributed by atoms with Crippen LogP contribution in [-0.4, -0.2) is 33.5 Å². The first kappa shape index (κ1) is 18.9. The van der Waals surface area contributed by atoms with Gasteiger partial charge >= 0.3 is 0 Å². The van der Waals surface area contributed by atoms with Crippen molar-refractivity contribution in [1.29, 1.82) is 0 Å². The minimum absolute atomic E-state index is 0.194. The molecule has 8 heteroatoms. The van der Waals surface area contributed by atoms with Crippen LogP contribution in [0.5, 0.6) is 0 Å². The van der Waals surface area contributed by atoms with Crippen LogP contribution < -0.4 is 10.9 Å². The van der Waals surface area contributed by atoms with Gasteiger partial charge in [-0.1, -0.05) is 0 Å². The minimum Gasteiger partial charge on any atom is -0.322 e. The van der Waals surface area contributed by atoms with Crippen LogP contribution in [0.4, 0.5) is 10.1 Å². The maximum Gasteiger partial charge on any atom is 0.258 e. The molecule has 3 aromatic rings. The monoisotopic (exact) mass is 387 g/mol. The van der Waals surface area contributed by atoms with Gasteiger partial charge in [0.15, 0.2) is 0 Å². The fraction of sp³-hybridized carbons (Fsp3) is 0.158. The molecular weight excluding hydrogens is 369 g/mol. The van der Waals surface area contributed by atoms with Crippen molar-refractivity contribution >= 4 is 33.5 Å². The molecule has 6 nitrogen and oxygen atoms in total. The Kier molecular flexibility index (Phi) is 5.20. The number of fused-ring (bicyclic) bond motifs is 1. The number of amides is 1. The molecule has 0 aliphatic heterocycles. The highest BCUT2D eigenvalue weighted by Gasteiger charge is 2.16. The largest absolute Gasteiger partial charge is 0.322 e. The Balaban J connectivity index is 1.93. The maximum absolute atomic E-state index is 14.1. The highest BCUT2D eigenvalue weighted by molar-refractivity contribution is 7.82. The minimum atomic E-state index is -1.49. The van der Waals surface area contributed by atoms with Crippen LogP contribution in [0.2, 0.25) is 0 Å². The van der Waals surface area contributed by atoms with E-state index in [-0.39, 0.29) is 11.1 Å². The first-order chi connectivity index (χ1) is 12.8. The molecule has 1 unspecified atom stereocenters. The van der Waals surface area contributed by atoms with Crippen molar-refractivity contribution in [3.05, 3.63) is 69.8 Å². The van der Waals surface area contributed by atoms with E-state index in [2.05, 4.69) is 10.3 Å². The third kappa shape index (κ3) is 3.96. The molecule has 0 saturated heterocycles. The van der Waals surface area contributed by atoms with Gasteiger partial charge in [-0.05, 0) is 63.0 Å². The number of aromatic nitrogens is 1. The van der Waals surface area contributed by atoms with Gasteiger partial charge in [0, 0.05) is 22.7 Å². The van der Waals surface area contributed by atoms with Gasteiger partial charge in [-0.3, -0.25) is 9.59 Å². The van der Waals surface area contributed by atoms with Gasteiger partial charge in [-0.25, -0.2) is 12.9 Å². The zero-order valence-electron chi connectivity index (χ0n) is 15.0. The van der Waals surface area contributed by atoms with Crippen LogP contribution >= 0.6 is 0 Å². The Hall–Kier alpha value is -2.84. The molecule has 0 saturated carbocycles. The predicted molar refractivity (Wildman–Crippen MR) is 104 cm³/mol. The molecule has 0 fully saturated rings. The van der Waals surface area contributed by atoms with E-state index in [4.69, 9.17) is 0 Å². The number of carbonyl (C=O) groups is 1. The number of H-pyrrole nitrogens is 1. The molecule has 1 atom stereocenters. The highest BCUT2D eigenvalue weighted by atomic mass is 32.2. The summed E-state index contributed by atoms with van der Waals surface area (Å²) in [6.07, 6.45) is 0. The maximum atomic E-state index is 14.1. The Morgan fingerprint density at radius 2 is 1.89 bits per heavy atom. The van der Waals surface area contributed by atoms with Crippen molar-refractivity contribution in [2.24, 2.45) is 0 Å². The van der Waals surface area contributed by atoms with Crippen LogP contribution in [0.15, 0.2) is 52.2 Å². The molecule has 27 heavy (non-hydrogen) atoms. The lowest BCUT2D eigenvalue weighted by atomic mass is 10.1. The molecule has 0 bridgehead atoms. The summed E-state index contributed by atoms with van der Waals surface area (Å²) in [4.78, 5) is 27.1. The molecular formula is C19H18FN3O3S. The van der Waals surface area contributed by atoms with Gasteiger partial charge in [-0.2, -0.15) is 0 Å². The molecule has 3 rings (SSSR count). The molecule has 2 aromatic carbocycles. The Labute approximate surface area is 157 Å². The van der Waals surface area contributed by atoms with E-state index in [0.717, 1.165) is 17.0 Å². The smallest absolute Gasteiger partial charge is 0.258 e. The Bertz CT molecular complexity index is 1120. The van der Waals surface area contributed by atoms with E-state index in [1.165, 1.54) is 22.5 Å². The number of aromatic amines is 1. The Morgan fingerprint density at radius 1 is 1.15 bits per heavy atom. The molecule has 1 amide bonds. The number of halogens is 1. The summed E-state index contributed by atoms with van der Waals surface area (Å²) in [6.45, 7) is 1.79. The molecule has 0 aliphatic carbocycles. The molecule has 0 aliphatic rings. The summed E-state index contributed by atoms with van der Waals surface area (Å²) >= 11 is 0. The zero-order valence-corrected chi connectivity index (χ0v) is 15.8. The van der Waals surface area contributed by atoms with Crippen LogP contribution in [0.1, 0.15) is 15.9 Å². The third-order valence-electron chi connectivity index (χ3n) is 4.02. The first-order valence-corrected chi connectivity index (χ1v) is 9.21. The summed E-state index contributed by atoms with van der Waals surface area (Å²) in [5.74, 6) is -1.35. The summed E-state index contributed by atoms with van der Waals surface area (Å²) in [5, 5.41) is 3.42. The van der Waals surface area contributed by atoms with Crippen LogP contribution in [-0.2, 0) is 11.0 Å². The summed E-state index contributed by atoms with van der Waals surface area (Å²) in [7, 11) is 1.76. The molecule has 0 spiro atoms. The fourth-order valence-corrected chi connectivity index (χ4v) is 3.52. The van der Waals surface area contributed by atoms with Crippen molar-refractivity contribution in [3.8, 4) is 0 Å². The number of aryl methyl sites for hydroxylation is 1. The van der Waals surface area contributed by atoms with Gasteiger partial charge in [0.25, 0.3) is 5.91 Å². The van der Waals surface area contributed by atoms with E-state index in [1.54, 1.807) is 39.2 Å². The number of carbonyl (C=O) groups excluding carboxylic acids is 1. The number of anilines is 1. The van der Waals surface area contributed by atoms with Crippen molar-refractivity contribution in [1.82, 2.24) is 9.29 Å². The molecule has 1 heterocycles. The van der Waals surface area contributed by atoms with Crippen LogP contribution in [0, 0.1) is 12.7 Å². The second-order valence-corrected chi connectivity index (χ2v) is 7.93. The standard InChI is InChI=1S/C19H18FN3O3S/c1-11-8-18(24)22-17-7-4-12(9-14(11)17)21-19(25)15-10-13(5-6-16(15)20)27(26)23(2)3/h4-10H,1-3H3,(H,21,25)(H,22,24). The van der Waals surface area contributed by atoms with E-state index in [0.29, 0.717) is 16.1 Å². The normalized spacial score (nSPS) is 12.3. The summed E-state index contributed by atoms with van der Waals surface area (Å²) in [6, 6.07) is 10.3. The van der Waals surface area contributed by atoms with E-state index in [9.17, 15) is 18.2 Å². The fourth-order valence-electron chi connectivity index (χ4n) is 2.70. The number of hydrogen-bond donors (Lipinski definition) is 2. The zero-order chi connectivity index (χ0) is 19.7. The predicted octanol–water partition coefficient (Wildman–Crippen LogP) is 2.81. The lowest BCUT2D eigenvalue weighted by Gasteiger charge is -2.12. The van der Waals surface area contributed by atoms with Gasteiger partial charge in [0.2, 0.25) is 5.56 Å². The van der Waals surface area contributed by atoms with Crippen molar-refractivity contribution in [3.63, 3.8) is 0 Å². The summed E-state index contributed by atoms with van der Waals surface area (Å²) < 4.78 is 27.8. The number of nitrogens with one attached hydrogen (secondary N) is 2. The lowest BCUT2D eigenvalue weighted by Crippen LogP contribution is -2.18. The van der Waals surface area contributed by atoms with Crippen molar-refractivity contribution < 1.29 is 13.4 Å². The highest BCUT2D eigenvalue weighted by Crippen LogP contribution is 2.21. The average Bonchev–Trinajstić information content (AvgIpc) is 2.61. The Morgan fingerprint density at radius 3 is 2.59 bits per heavy atom. The molecule has 0 radical (unpaired) electrons. The average molecular weight is 387 g/mol. The van der Waals surface area contributed by atoms with Crippen molar-refractivity contribution in [2.45, 2.75) is 11.8 Å². The topological polar surface area (TPSA) is 82.3 Å². The third-order valence-corrected chi connectivity index (χ3v) is 5.34. The quantitative estimate of drug-likeness (QED) is 0.722. The second kappa shape index (κ2) is 7.42. The number of rotatable bonds is 4. The number of pyridine rings is 1. The second-order valence-electron chi connectivity index (χ2n) is 6.23. The van der Waals surface area contributed by atoms with E-state index in [1.807, 2.05) is 0 Å². The van der Waals surface area contributed by atoms with E-state index >= 15 is 0 Å². The number of benzene rings is 2. The number of hydrogen-bond acceptors (Lipinski definition) is 3. The van der Waals surface area contributed by atoms with Gasteiger partial charge < -0.3 is 10.3 Å². The van der Waals surface area contributed by atoms with Crippen LogP contribution in [0.3, 0.4) is 0 Å². The molecule has 140 valence electrons. The summed E-state index contributed by atoms with van der Waals surface area (Å²) in [5.41, 5.74) is 1.47. The molecule has 1 aromatic heterocycles. The number of nitrogens with zero attached hydrogens (tertiary/aromatic N) is 1. The van der Waals surface area contributed by atoms with E-state index < -0.39 is 22.7 Å². The van der Waals surface area contributed by atoms with Gasteiger partial charge in [0.1, 0.15) is 16.8 Å². The van der Waals surface area contributed by atoms with Crippen LogP contribution in [0.25, 0.3) is 10.9 Å². The van der Waals surface area contributed by atoms with Gasteiger partial charge in [-0.15, -0.1) is 0 Å². The molecule has 2 N–H and O–H groups in total. The first-order valence-electron chi connectivity index (χ1n) is 8.10. The van der Waals surface area contributed by atoms with Crippen molar-refractivity contribution in [2.75, 3.05) is 19.4 Å². The SMILES string of the molecule is Cc1cc(=O)[nH]c2ccc(NC(=O)c3cc(S(=O)N(C)C)ccc3F)cc12. The van der Waals surface area contributed by atoms with Gasteiger partial charge in [0.05, 0.1) is 10.5 Å². The lowest BCUT2D eigenvalue weighted by molar-refractivity contribution is 0.102.